The summed E-state index contributed by atoms with van der Waals surface area (Å²) >= 11 is 1.60. The Morgan fingerprint density at radius 1 is 0.812 bits per heavy atom. The van der Waals surface area contributed by atoms with Crippen LogP contribution in [0, 0.1) is 12.8 Å². The molecule has 1 aliphatic carbocycles. The molecule has 19 nitrogen and oxygen atoms in total. The van der Waals surface area contributed by atoms with Crippen LogP contribution < -0.4 is 30.5 Å². The van der Waals surface area contributed by atoms with Crippen LogP contribution in [0.4, 0.5) is 23.0 Å². The summed E-state index contributed by atoms with van der Waals surface area (Å²) in [5, 5.41) is 37.5. The van der Waals surface area contributed by atoms with Gasteiger partial charge in [-0.25, -0.2) is 9.97 Å². The highest BCUT2D eigenvalue weighted by molar-refractivity contribution is 7.13. The molecule has 2 aromatic carbocycles. The molecule has 5 saturated heterocycles. The summed E-state index contributed by atoms with van der Waals surface area (Å²) in [6, 6.07) is 23.3. The molecule has 2 amide bonds. The van der Waals surface area contributed by atoms with E-state index in [9.17, 15) is 19.8 Å². The number of nitrogen functional groups attached to an aromatic ring is 1. The number of nitrogens with one attached hydrogen (secondary N) is 1. The number of aryl methyl sites for hydroxylation is 1. The molecule has 6 atom stereocenters. The highest BCUT2D eigenvalue weighted by Gasteiger charge is 2.45. The first-order valence-corrected chi connectivity index (χ1v) is 29.7. The van der Waals surface area contributed by atoms with Gasteiger partial charge in [0, 0.05) is 113 Å². The molecule has 80 heavy (non-hydrogen) atoms. The summed E-state index contributed by atoms with van der Waals surface area (Å²) in [6.07, 6.45) is 9.65. The van der Waals surface area contributed by atoms with Crippen molar-refractivity contribution in [1.82, 2.24) is 40.4 Å². The van der Waals surface area contributed by atoms with Crippen molar-refractivity contribution in [1.29, 1.82) is 0 Å². The van der Waals surface area contributed by atoms with E-state index in [-0.39, 0.29) is 60.8 Å². The predicted molar refractivity (Wildman–Crippen MR) is 307 cm³/mol. The van der Waals surface area contributed by atoms with Gasteiger partial charge in [0.1, 0.15) is 23.8 Å². The fourth-order valence-corrected chi connectivity index (χ4v) is 14.1. The number of rotatable bonds is 16. The number of hydrogen-bond acceptors (Lipinski definition) is 18. The van der Waals surface area contributed by atoms with Gasteiger partial charge in [-0.05, 0) is 93.7 Å². The second kappa shape index (κ2) is 22.9. The van der Waals surface area contributed by atoms with E-state index in [0.717, 1.165) is 130 Å². The van der Waals surface area contributed by atoms with Gasteiger partial charge in [0.15, 0.2) is 17.4 Å². The number of piperazine rings is 1. The fraction of sp³-hybridized carbons (Fsp3) is 0.517. The first kappa shape index (κ1) is 53.8. The average Bonchev–Trinajstić information content (AvgIpc) is 4.29. The van der Waals surface area contributed by atoms with E-state index in [0.29, 0.717) is 46.8 Å². The molecule has 422 valence electrons. The number of benzene rings is 2. The van der Waals surface area contributed by atoms with Crippen LogP contribution in [0.15, 0.2) is 89.0 Å². The number of carbonyl (C=O) groups is 2. The molecule has 6 aromatic rings. The number of piperidine rings is 2. The number of aromatic nitrogens is 5. The largest absolute Gasteiger partial charge is 0.507 e. The number of aromatic hydroxyl groups is 1. The molecule has 2 unspecified atom stereocenters. The topological polar surface area (TPSA) is 225 Å². The van der Waals surface area contributed by atoms with Crippen molar-refractivity contribution in [2.45, 2.75) is 146 Å². The lowest BCUT2D eigenvalue weighted by molar-refractivity contribution is -0.141. The summed E-state index contributed by atoms with van der Waals surface area (Å²) < 4.78 is 19.1. The van der Waals surface area contributed by atoms with Gasteiger partial charge >= 0.3 is 0 Å². The van der Waals surface area contributed by atoms with Crippen LogP contribution in [-0.2, 0) is 14.3 Å². The molecule has 4 aromatic heterocycles. The number of β-amino-alcohol motifs (C(OH)–C–C–N with tert-alkyl or cyclic N) is 1. The number of likely N-dealkylation sites (tertiary alicyclic amines) is 2. The van der Waals surface area contributed by atoms with E-state index >= 15 is 0 Å². The monoisotopic (exact) mass is 1110 g/mol. The number of pyridine rings is 1. The zero-order valence-electron chi connectivity index (χ0n) is 46.1. The van der Waals surface area contributed by atoms with Crippen molar-refractivity contribution in [3.63, 3.8) is 0 Å². The maximum absolute atomic E-state index is 14.4. The number of phenols is 1. The lowest BCUT2D eigenvalue weighted by atomic mass is 9.91. The van der Waals surface area contributed by atoms with Crippen molar-refractivity contribution in [2.24, 2.45) is 5.92 Å². The third-order valence-electron chi connectivity index (χ3n) is 17.7. The number of hydrogen-bond donors (Lipinski definition) is 4. The molecule has 5 N–H and O–H groups in total. The second-order valence-electron chi connectivity index (χ2n) is 23.3. The van der Waals surface area contributed by atoms with Crippen molar-refractivity contribution < 1.29 is 33.8 Å². The van der Waals surface area contributed by atoms with Crippen molar-refractivity contribution in [3.05, 3.63) is 102 Å². The first-order chi connectivity index (χ1) is 38.8. The first-order valence-electron chi connectivity index (χ1n) is 28.8. The molecule has 5 aliphatic heterocycles. The third kappa shape index (κ3) is 11.2. The van der Waals surface area contributed by atoms with E-state index < -0.39 is 18.1 Å². The lowest BCUT2D eigenvalue weighted by Gasteiger charge is -2.44. The number of nitrogens with zero attached hydrogens (tertiary/aromatic N) is 10. The highest BCUT2D eigenvalue weighted by Crippen LogP contribution is 2.41. The number of anilines is 4. The third-order valence-corrected chi connectivity index (χ3v) is 18.7. The molecule has 2 bridgehead atoms. The van der Waals surface area contributed by atoms with Gasteiger partial charge in [0.05, 0.1) is 51.8 Å². The van der Waals surface area contributed by atoms with E-state index in [1.807, 2.05) is 87.9 Å². The zero-order valence-corrected chi connectivity index (χ0v) is 47.0. The number of nitrogens with two attached hydrogens (primary N) is 1. The lowest BCUT2D eigenvalue weighted by Crippen LogP contribution is -2.54. The number of aliphatic hydroxyl groups excluding tert-OH is 1. The van der Waals surface area contributed by atoms with Crippen LogP contribution in [0.3, 0.4) is 0 Å². The molecule has 0 radical (unpaired) electrons. The Bertz CT molecular complexity index is 3120. The van der Waals surface area contributed by atoms with Gasteiger partial charge in [-0.3, -0.25) is 9.59 Å². The Kier molecular flexibility index (Phi) is 15.4. The number of ether oxygens (including phenoxy) is 2. The Hall–Kier alpha value is -6.87. The zero-order chi connectivity index (χ0) is 55.2. The Balaban J connectivity index is 0.576. The van der Waals surface area contributed by atoms with E-state index in [2.05, 4.69) is 62.4 Å². The molecule has 6 aliphatic rings. The smallest absolute Gasteiger partial charge is 0.243 e. The van der Waals surface area contributed by atoms with Gasteiger partial charge in [0.25, 0.3) is 0 Å². The van der Waals surface area contributed by atoms with Crippen molar-refractivity contribution in [3.8, 4) is 33.3 Å². The number of phenolic OH excluding ortho intramolecular Hbond substituents is 1. The maximum atomic E-state index is 14.4. The molecular formula is C60H74N12O7S. The average molecular weight is 1110 g/mol. The standard InChI is InChI=1S/C60H74N12O7S/c1-35(2)56(60(76)71-33-44(73)26-51(71)59(75)64-36(3)38-9-11-39(12-10-38)57-37(4)63-34-80-57)53-30-54(67-79-53)69-21-16-40(17-22-69)68-23-18-45(19-24-68)77-46-27-47(28-46)78-55-25-41(15-20-62-55)72-42-13-14-43(72)32-70(31-42)50-29-49(65-66-58(50)61)48-7-5-6-8-52(48)74/h5-12,15,20,25,29-30,34-36,40,42-47,51,56,73-74H,13-14,16-19,21-24,26-28,31-33H2,1-4H3,(H2,61,66)(H,64,75)/t36-,42?,43?,44+,46-,47-,51-,56-/m0/s1. The van der Waals surface area contributed by atoms with E-state index in [4.69, 9.17) is 19.7 Å². The number of thiazole rings is 1. The van der Waals surface area contributed by atoms with Crippen LogP contribution in [0.2, 0.25) is 0 Å². The van der Waals surface area contributed by atoms with Crippen molar-refractivity contribution in [2.75, 3.05) is 66.2 Å². The number of fused-ring (bicyclic) bond motifs is 2. The van der Waals surface area contributed by atoms with Crippen LogP contribution in [0.25, 0.3) is 21.7 Å². The number of carbonyl (C=O) groups excluding carboxylic acids is 2. The summed E-state index contributed by atoms with van der Waals surface area (Å²) in [6.45, 7) is 13.3. The van der Waals surface area contributed by atoms with Crippen molar-refractivity contribution >= 4 is 46.2 Å². The quantitative estimate of drug-likeness (QED) is 0.0727. The molecular weight excluding hydrogens is 1030 g/mol. The minimum atomic E-state index is -0.806. The summed E-state index contributed by atoms with van der Waals surface area (Å²) in [4.78, 5) is 49.6. The number of para-hydroxylation sites is 1. The van der Waals surface area contributed by atoms with Gasteiger partial charge in [-0.2, -0.15) is 0 Å². The minimum Gasteiger partial charge on any atom is -0.507 e. The molecule has 20 heteroatoms. The Morgan fingerprint density at radius 3 is 2.27 bits per heavy atom. The van der Waals surface area contributed by atoms with E-state index in [1.54, 1.807) is 23.5 Å². The molecule has 9 heterocycles. The normalized spacial score (nSPS) is 24.5. The molecule has 12 rings (SSSR count). The van der Waals surface area contributed by atoms with Crippen LogP contribution in [0.1, 0.15) is 108 Å². The predicted octanol–water partition coefficient (Wildman–Crippen LogP) is 7.74. The van der Waals surface area contributed by atoms with Crippen LogP contribution in [0.5, 0.6) is 11.6 Å². The molecule has 6 fully saturated rings. The number of amides is 2. The van der Waals surface area contributed by atoms with Gasteiger partial charge in [-0.15, -0.1) is 21.5 Å². The Morgan fingerprint density at radius 2 is 1.56 bits per heavy atom. The van der Waals surface area contributed by atoms with Crippen LogP contribution >= 0.6 is 11.3 Å². The highest BCUT2D eigenvalue weighted by atomic mass is 32.1. The Labute approximate surface area is 471 Å². The summed E-state index contributed by atoms with van der Waals surface area (Å²) in [7, 11) is 0. The van der Waals surface area contributed by atoms with Crippen LogP contribution in [-0.4, -0.2) is 152 Å². The summed E-state index contributed by atoms with van der Waals surface area (Å²) in [5.41, 5.74) is 14.5. The van der Waals surface area contributed by atoms with E-state index in [1.165, 1.54) is 4.90 Å². The molecule has 0 spiro atoms. The second-order valence-corrected chi connectivity index (χ2v) is 24.2. The van der Waals surface area contributed by atoms with Gasteiger partial charge < -0.3 is 59.8 Å². The minimum absolute atomic E-state index is 0.0774. The molecule has 1 saturated carbocycles. The number of aliphatic hydroxyl groups is 1. The van der Waals surface area contributed by atoms with Gasteiger partial charge in [-0.1, -0.05) is 55.4 Å². The fourth-order valence-electron chi connectivity index (χ4n) is 13.3. The SMILES string of the molecule is Cc1ncsc1-c1ccc([C@H](C)NC(=O)[C@@H]2C[C@@H](O)CN2C(=O)[C@H](c2cc(N3CCC(N4CCC(O[C@H]5C[C@H](Oc6cc(N7C8CCC7CN(c7cc(-c9ccccc9O)nnc7N)C8)ccn6)C5)CC4)CC3)no2)C(C)C)cc1. The van der Waals surface area contributed by atoms with Gasteiger partial charge in [0.2, 0.25) is 17.7 Å². The maximum Gasteiger partial charge on any atom is 0.243 e. The summed E-state index contributed by atoms with van der Waals surface area (Å²) in [5.74, 6) is 1.09.